The van der Waals surface area contributed by atoms with Crippen LogP contribution >= 0.6 is 11.8 Å². The molecular formula is C19H26N4O2S. The Hall–Kier alpha value is -2.28. The van der Waals surface area contributed by atoms with E-state index in [1.807, 2.05) is 49.6 Å². The molecular weight excluding hydrogens is 348 g/mol. The van der Waals surface area contributed by atoms with Crippen molar-refractivity contribution in [3.05, 3.63) is 36.4 Å². The molecule has 0 unspecified atom stereocenters. The number of hydrogen-bond acceptors (Lipinski definition) is 5. The number of aromatic nitrogens is 3. The van der Waals surface area contributed by atoms with E-state index in [2.05, 4.69) is 16.8 Å². The Morgan fingerprint density at radius 2 is 2.04 bits per heavy atom. The standard InChI is InChI=1S/C19H26N4O2S/c1-6-22(12-14(3)4)17(24)13-26-19-21-20-18(23(19)7-2)15-10-8-9-11-16(15)25-5/h8-11H,3,6-7,12-13H2,1-2,4-5H3. The van der Waals surface area contributed by atoms with E-state index in [0.717, 1.165) is 27.9 Å². The lowest BCUT2D eigenvalue weighted by molar-refractivity contribution is -0.127. The third kappa shape index (κ3) is 4.66. The van der Waals surface area contributed by atoms with E-state index in [4.69, 9.17) is 4.74 Å². The third-order valence-corrected chi connectivity index (χ3v) is 4.85. The van der Waals surface area contributed by atoms with Crippen LogP contribution < -0.4 is 4.74 Å². The zero-order valence-electron chi connectivity index (χ0n) is 15.9. The van der Waals surface area contributed by atoms with Crippen LogP contribution in [0.25, 0.3) is 11.4 Å². The summed E-state index contributed by atoms with van der Waals surface area (Å²) < 4.78 is 7.44. The Morgan fingerprint density at radius 3 is 2.65 bits per heavy atom. The Morgan fingerprint density at radius 1 is 1.31 bits per heavy atom. The molecule has 1 aromatic heterocycles. The number of hydrogen-bond donors (Lipinski definition) is 0. The molecule has 0 spiro atoms. The molecule has 26 heavy (non-hydrogen) atoms. The van der Waals surface area contributed by atoms with Gasteiger partial charge in [-0.05, 0) is 32.9 Å². The maximum Gasteiger partial charge on any atom is 0.233 e. The number of para-hydroxylation sites is 1. The molecule has 0 saturated heterocycles. The summed E-state index contributed by atoms with van der Waals surface area (Å²) >= 11 is 1.41. The molecule has 1 amide bonds. The number of methoxy groups -OCH3 is 1. The summed E-state index contributed by atoms with van der Waals surface area (Å²) in [5, 5.41) is 9.35. The van der Waals surface area contributed by atoms with E-state index in [9.17, 15) is 4.79 Å². The van der Waals surface area contributed by atoms with Gasteiger partial charge in [0.1, 0.15) is 5.75 Å². The number of likely N-dealkylation sites (N-methyl/N-ethyl adjacent to an activating group) is 1. The van der Waals surface area contributed by atoms with Gasteiger partial charge in [-0.1, -0.05) is 36.0 Å². The Balaban J connectivity index is 2.18. The summed E-state index contributed by atoms with van der Waals surface area (Å²) in [5.74, 6) is 1.89. The number of ether oxygens (including phenoxy) is 1. The van der Waals surface area contributed by atoms with Crippen LogP contribution in [-0.4, -0.2) is 51.5 Å². The average Bonchev–Trinajstić information content (AvgIpc) is 3.06. The van der Waals surface area contributed by atoms with Gasteiger partial charge < -0.3 is 14.2 Å². The van der Waals surface area contributed by atoms with Gasteiger partial charge in [0, 0.05) is 19.6 Å². The number of carbonyl (C=O) groups excluding carboxylic acids is 1. The monoisotopic (exact) mass is 374 g/mol. The molecule has 0 radical (unpaired) electrons. The third-order valence-electron chi connectivity index (χ3n) is 3.90. The zero-order chi connectivity index (χ0) is 19.1. The quantitative estimate of drug-likeness (QED) is 0.497. The smallest absolute Gasteiger partial charge is 0.233 e. The lowest BCUT2D eigenvalue weighted by Crippen LogP contribution is -2.33. The van der Waals surface area contributed by atoms with Gasteiger partial charge in [-0.15, -0.1) is 10.2 Å². The van der Waals surface area contributed by atoms with Crippen LogP contribution in [0.3, 0.4) is 0 Å². The summed E-state index contributed by atoms with van der Waals surface area (Å²) in [6.07, 6.45) is 0. The summed E-state index contributed by atoms with van der Waals surface area (Å²) in [6.45, 7) is 11.8. The second kappa shape index (κ2) is 9.43. The van der Waals surface area contributed by atoms with Crippen molar-refractivity contribution in [2.75, 3.05) is 26.0 Å². The topological polar surface area (TPSA) is 60.3 Å². The average molecular weight is 375 g/mol. The fourth-order valence-corrected chi connectivity index (χ4v) is 3.53. The first-order chi connectivity index (χ1) is 12.5. The largest absolute Gasteiger partial charge is 0.496 e. The van der Waals surface area contributed by atoms with Crippen LogP contribution in [-0.2, 0) is 11.3 Å². The Labute approximate surface area is 159 Å². The van der Waals surface area contributed by atoms with E-state index < -0.39 is 0 Å². The van der Waals surface area contributed by atoms with Gasteiger partial charge >= 0.3 is 0 Å². The zero-order valence-corrected chi connectivity index (χ0v) is 16.7. The minimum absolute atomic E-state index is 0.0741. The number of amides is 1. The molecule has 0 N–H and O–H groups in total. The number of nitrogens with zero attached hydrogens (tertiary/aromatic N) is 4. The van der Waals surface area contributed by atoms with Crippen molar-refractivity contribution in [3.63, 3.8) is 0 Å². The summed E-state index contributed by atoms with van der Waals surface area (Å²) in [5.41, 5.74) is 1.86. The van der Waals surface area contributed by atoms with Crippen molar-refractivity contribution in [2.24, 2.45) is 0 Å². The molecule has 140 valence electrons. The molecule has 1 aromatic carbocycles. The van der Waals surface area contributed by atoms with Gasteiger partial charge in [-0.25, -0.2) is 0 Å². The van der Waals surface area contributed by atoms with Gasteiger partial charge in [0.25, 0.3) is 0 Å². The van der Waals surface area contributed by atoms with E-state index in [-0.39, 0.29) is 5.91 Å². The highest BCUT2D eigenvalue weighted by Gasteiger charge is 2.18. The van der Waals surface area contributed by atoms with Crippen LogP contribution in [0.4, 0.5) is 0 Å². The molecule has 6 nitrogen and oxygen atoms in total. The van der Waals surface area contributed by atoms with E-state index in [0.29, 0.717) is 25.4 Å². The highest BCUT2D eigenvalue weighted by Crippen LogP contribution is 2.30. The first-order valence-corrected chi connectivity index (χ1v) is 9.61. The molecule has 0 aliphatic carbocycles. The van der Waals surface area contributed by atoms with Crippen LogP contribution in [0.15, 0.2) is 41.6 Å². The normalized spacial score (nSPS) is 10.6. The predicted octanol–water partition coefficient (Wildman–Crippen LogP) is 3.49. The fourth-order valence-electron chi connectivity index (χ4n) is 2.63. The second-order valence-corrected chi connectivity index (χ2v) is 6.85. The Kier molecular flexibility index (Phi) is 7.26. The summed E-state index contributed by atoms with van der Waals surface area (Å²) in [7, 11) is 1.64. The van der Waals surface area contributed by atoms with Crippen LogP contribution in [0.1, 0.15) is 20.8 Å². The molecule has 2 aromatic rings. The molecule has 0 atom stereocenters. The summed E-state index contributed by atoms with van der Waals surface area (Å²) in [6, 6.07) is 7.72. The van der Waals surface area contributed by atoms with Gasteiger partial charge in [-0.2, -0.15) is 0 Å². The van der Waals surface area contributed by atoms with Crippen molar-refractivity contribution >= 4 is 17.7 Å². The SMILES string of the molecule is C=C(C)CN(CC)C(=O)CSc1nnc(-c2ccccc2OC)n1CC. The number of benzene rings is 1. The maximum absolute atomic E-state index is 12.4. The van der Waals surface area contributed by atoms with E-state index in [1.54, 1.807) is 12.0 Å². The van der Waals surface area contributed by atoms with Gasteiger partial charge in [0.05, 0.1) is 18.4 Å². The maximum atomic E-state index is 12.4. The molecule has 0 bridgehead atoms. The minimum Gasteiger partial charge on any atom is -0.496 e. The molecule has 7 heteroatoms. The number of thioether (sulfide) groups is 1. The highest BCUT2D eigenvalue weighted by atomic mass is 32.2. The minimum atomic E-state index is 0.0741. The van der Waals surface area contributed by atoms with Crippen molar-refractivity contribution in [2.45, 2.75) is 32.5 Å². The van der Waals surface area contributed by atoms with Gasteiger partial charge in [0.15, 0.2) is 11.0 Å². The molecule has 2 rings (SSSR count). The van der Waals surface area contributed by atoms with E-state index in [1.165, 1.54) is 11.8 Å². The van der Waals surface area contributed by atoms with E-state index >= 15 is 0 Å². The Bertz CT molecular complexity index is 773. The van der Waals surface area contributed by atoms with Gasteiger partial charge in [-0.3, -0.25) is 4.79 Å². The highest BCUT2D eigenvalue weighted by molar-refractivity contribution is 7.99. The van der Waals surface area contributed by atoms with Crippen molar-refractivity contribution in [3.8, 4) is 17.1 Å². The lowest BCUT2D eigenvalue weighted by atomic mass is 10.2. The van der Waals surface area contributed by atoms with Crippen LogP contribution in [0, 0.1) is 0 Å². The van der Waals surface area contributed by atoms with Crippen LogP contribution in [0.5, 0.6) is 5.75 Å². The second-order valence-electron chi connectivity index (χ2n) is 5.90. The molecule has 0 aliphatic rings. The molecule has 0 fully saturated rings. The fraction of sp³-hybridized carbons (Fsp3) is 0.421. The van der Waals surface area contributed by atoms with Crippen molar-refractivity contribution in [1.29, 1.82) is 0 Å². The van der Waals surface area contributed by atoms with Crippen molar-refractivity contribution < 1.29 is 9.53 Å². The van der Waals surface area contributed by atoms with Gasteiger partial charge in [0.2, 0.25) is 5.91 Å². The molecule has 0 aliphatic heterocycles. The molecule has 1 heterocycles. The first-order valence-electron chi connectivity index (χ1n) is 8.63. The molecule has 0 saturated carbocycles. The first kappa shape index (κ1) is 20.0. The predicted molar refractivity (Wildman–Crippen MR) is 105 cm³/mol. The van der Waals surface area contributed by atoms with Crippen molar-refractivity contribution in [1.82, 2.24) is 19.7 Å². The number of carbonyl (C=O) groups is 1. The lowest BCUT2D eigenvalue weighted by Gasteiger charge is -2.20. The summed E-state index contributed by atoms with van der Waals surface area (Å²) in [4.78, 5) is 14.2. The number of rotatable bonds is 9. The van der Waals surface area contributed by atoms with Crippen LogP contribution in [0.2, 0.25) is 0 Å².